The Hall–Kier alpha value is -2.16. The number of halogens is 3. The normalized spacial score (nSPS) is 13.4. The standard InChI is InChI=1S/C14H13F3N4OS/c1-8(7-21-9(2)6-11(20-21)14(15,16)17)12-18-19-13(22-12)10-4-3-5-23-10/h3-6,8H,7H2,1-2H3. The Morgan fingerprint density at radius 2 is 2.13 bits per heavy atom. The minimum atomic E-state index is -4.45. The fraction of sp³-hybridized carbons (Fsp3) is 0.357. The van der Waals surface area contributed by atoms with Gasteiger partial charge in [-0.2, -0.15) is 18.3 Å². The molecule has 0 aromatic carbocycles. The summed E-state index contributed by atoms with van der Waals surface area (Å²) in [5, 5.41) is 13.5. The highest BCUT2D eigenvalue weighted by atomic mass is 32.1. The van der Waals surface area contributed by atoms with Gasteiger partial charge in [-0.25, -0.2) is 0 Å². The first-order valence-electron chi connectivity index (χ1n) is 6.83. The fourth-order valence-corrected chi connectivity index (χ4v) is 2.75. The highest BCUT2D eigenvalue weighted by molar-refractivity contribution is 7.13. The lowest BCUT2D eigenvalue weighted by Gasteiger charge is -2.09. The largest absolute Gasteiger partial charge is 0.435 e. The van der Waals surface area contributed by atoms with E-state index < -0.39 is 11.9 Å². The monoisotopic (exact) mass is 342 g/mol. The van der Waals surface area contributed by atoms with E-state index in [2.05, 4.69) is 15.3 Å². The molecule has 0 amide bonds. The van der Waals surface area contributed by atoms with Crippen LogP contribution < -0.4 is 0 Å². The Labute approximate surface area is 133 Å². The van der Waals surface area contributed by atoms with Crippen LogP contribution in [-0.4, -0.2) is 20.0 Å². The fourth-order valence-electron chi connectivity index (χ4n) is 2.10. The second-order valence-corrected chi connectivity index (χ2v) is 6.12. The van der Waals surface area contributed by atoms with E-state index in [1.807, 2.05) is 17.5 Å². The number of aromatic nitrogens is 4. The van der Waals surface area contributed by atoms with Crippen LogP contribution in [0.3, 0.4) is 0 Å². The molecule has 0 aliphatic heterocycles. The van der Waals surface area contributed by atoms with E-state index in [-0.39, 0.29) is 12.5 Å². The molecule has 1 unspecified atom stereocenters. The average Bonchev–Trinajstić information content (AvgIpc) is 3.17. The maximum Gasteiger partial charge on any atom is 0.435 e. The zero-order valence-corrected chi connectivity index (χ0v) is 13.1. The molecular weight excluding hydrogens is 329 g/mol. The summed E-state index contributed by atoms with van der Waals surface area (Å²) in [6.07, 6.45) is -4.45. The third-order valence-electron chi connectivity index (χ3n) is 3.31. The Morgan fingerprint density at radius 3 is 2.74 bits per heavy atom. The SMILES string of the molecule is Cc1cc(C(F)(F)F)nn1CC(C)c1nnc(-c2cccs2)o1. The van der Waals surface area contributed by atoms with Crippen LogP contribution >= 0.6 is 11.3 Å². The molecule has 23 heavy (non-hydrogen) atoms. The Balaban J connectivity index is 1.77. The van der Waals surface area contributed by atoms with Gasteiger partial charge in [-0.15, -0.1) is 21.5 Å². The molecule has 0 spiro atoms. The van der Waals surface area contributed by atoms with Gasteiger partial charge in [0.1, 0.15) is 0 Å². The number of rotatable bonds is 4. The van der Waals surface area contributed by atoms with Crippen LogP contribution in [0.2, 0.25) is 0 Å². The van der Waals surface area contributed by atoms with Crippen molar-refractivity contribution in [2.75, 3.05) is 0 Å². The van der Waals surface area contributed by atoms with Gasteiger partial charge in [0.05, 0.1) is 17.3 Å². The quantitative estimate of drug-likeness (QED) is 0.715. The van der Waals surface area contributed by atoms with E-state index >= 15 is 0 Å². The van der Waals surface area contributed by atoms with Crippen molar-refractivity contribution in [3.8, 4) is 10.8 Å². The van der Waals surface area contributed by atoms with E-state index in [1.54, 1.807) is 13.8 Å². The zero-order chi connectivity index (χ0) is 16.6. The van der Waals surface area contributed by atoms with Crippen LogP contribution in [-0.2, 0) is 12.7 Å². The van der Waals surface area contributed by atoms with Crippen LogP contribution in [0.15, 0.2) is 28.0 Å². The molecule has 0 aliphatic carbocycles. The van der Waals surface area contributed by atoms with E-state index in [4.69, 9.17) is 4.42 Å². The minimum absolute atomic E-state index is 0.230. The van der Waals surface area contributed by atoms with Crippen molar-refractivity contribution in [3.63, 3.8) is 0 Å². The first kappa shape index (κ1) is 15.7. The summed E-state index contributed by atoms with van der Waals surface area (Å²) in [6.45, 7) is 3.62. The molecule has 0 aliphatic rings. The van der Waals surface area contributed by atoms with Gasteiger partial charge in [0.15, 0.2) is 5.69 Å². The number of nitrogens with zero attached hydrogens (tertiary/aromatic N) is 4. The molecule has 0 N–H and O–H groups in total. The predicted molar refractivity (Wildman–Crippen MR) is 78.0 cm³/mol. The van der Waals surface area contributed by atoms with Crippen molar-refractivity contribution >= 4 is 11.3 Å². The number of alkyl halides is 3. The predicted octanol–water partition coefficient (Wildman–Crippen LogP) is 4.13. The average molecular weight is 342 g/mol. The van der Waals surface area contributed by atoms with E-state index in [1.165, 1.54) is 16.0 Å². The summed E-state index contributed by atoms with van der Waals surface area (Å²) < 4.78 is 45.0. The topological polar surface area (TPSA) is 56.7 Å². The molecule has 5 nitrogen and oxygen atoms in total. The van der Waals surface area contributed by atoms with Gasteiger partial charge in [0.25, 0.3) is 5.89 Å². The molecule has 122 valence electrons. The van der Waals surface area contributed by atoms with E-state index in [9.17, 15) is 13.2 Å². The zero-order valence-electron chi connectivity index (χ0n) is 12.3. The molecule has 3 aromatic heterocycles. The van der Waals surface area contributed by atoms with Gasteiger partial charge in [-0.3, -0.25) is 4.68 Å². The second-order valence-electron chi connectivity index (χ2n) is 5.17. The highest BCUT2D eigenvalue weighted by Gasteiger charge is 2.34. The maximum atomic E-state index is 12.7. The molecular formula is C14H13F3N4OS. The molecule has 3 aromatic rings. The molecule has 0 radical (unpaired) electrons. The summed E-state index contributed by atoms with van der Waals surface area (Å²) in [4.78, 5) is 0.852. The lowest BCUT2D eigenvalue weighted by molar-refractivity contribution is -0.141. The van der Waals surface area contributed by atoms with Crippen molar-refractivity contribution in [1.29, 1.82) is 0 Å². The van der Waals surface area contributed by atoms with Crippen molar-refractivity contribution in [1.82, 2.24) is 20.0 Å². The molecule has 0 bridgehead atoms. The van der Waals surface area contributed by atoms with Crippen molar-refractivity contribution < 1.29 is 17.6 Å². The summed E-state index contributed by atoms with van der Waals surface area (Å²) in [5.74, 6) is 0.530. The highest BCUT2D eigenvalue weighted by Crippen LogP contribution is 2.30. The molecule has 9 heteroatoms. The van der Waals surface area contributed by atoms with Crippen LogP contribution in [0.5, 0.6) is 0 Å². The third-order valence-corrected chi connectivity index (χ3v) is 4.17. The first-order chi connectivity index (χ1) is 10.8. The molecule has 1 atom stereocenters. The molecule has 3 heterocycles. The van der Waals surface area contributed by atoms with E-state index in [0.717, 1.165) is 10.9 Å². The van der Waals surface area contributed by atoms with Crippen molar-refractivity contribution in [3.05, 3.63) is 40.9 Å². The number of thiophene rings is 1. The second kappa shape index (κ2) is 5.80. The smallest absolute Gasteiger partial charge is 0.420 e. The van der Waals surface area contributed by atoms with Crippen molar-refractivity contribution in [2.24, 2.45) is 0 Å². The summed E-state index contributed by atoms with van der Waals surface area (Å²) in [7, 11) is 0. The Morgan fingerprint density at radius 1 is 1.35 bits per heavy atom. The number of hydrogen-bond donors (Lipinski definition) is 0. The summed E-state index contributed by atoms with van der Waals surface area (Å²) in [5.41, 5.74) is -0.464. The number of hydrogen-bond acceptors (Lipinski definition) is 5. The van der Waals surface area contributed by atoms with Gasteiger partial charge in [-0.1, -0.05) is 13.0 Å². The molecule has 3 rings (SSSR count). The molecule has 0 fully saturated rings. The molecule has 0 saturated carbocycles. The summed E-state index contributed by atoms with van der Waals surface area (Å²) >= 11 is 1.47. The third kappa shape index (κ3) is 3.29. The van der Waals surface area contributed by atoms with Gasteiger partial charge >= 0.3 is 6.18 Å². The van der Waals surface area contributed by atoms with Gasteiger partial charge in [0.2, 0.25) is 5.89 Å². The lowest BCUT2D eigenvalue weighted by atomic mass is 10.2. The van der Waals surface area contributed by atoms with Crippen LogP contribution in [0, 0.1) is 6.92 Å². The van der Waals surface area contributed by atoms with Crippen LogP contribution in [0.1, 0.15) is 30.1 Å². The Kier molecular flexibility index (Phi) is 3.97. The van der Waals surface area contributed by atoms with Crippen LogP contribution in [0.25, 0.3) is 10.8 Å². The summed E-state index contributed by atoms with van der Waals surface area (Å²) in [6, 6.07) is 4.76. The maximum absolute atomic E-state index is 12.7. The minimum Gasteiger partial charge on any atom is -0.420 e. The Bertz CT molecular complexity index is 791. The number of aryl methyl sites for hydroxylation is 1. The van der Waals surface area contributed by atoms with Crippen molar-refractivity contribution in [2.45, 2.75) is 32.5 Å². The first-order valence-corrected chi connectivity index (χ1v) is 7.71. The van der Waals surface area contributed by atoms with Gasteiger partial charge < -0.3 is 4.42 Å². The van der Waals surface area contributed by atoms with E-state index in [0.29, 0.717) is 17.5 Å². The van der Waals surface area contributed by atoms with Crippen LogP contribution in [0.4, 0.5) is 13.2 Å². The van der Waals surface area contributed by atoms with Gasteiger partial charge in [-0.05, 0) is 24.4 Å². The lowest BCUT2D eigenvalue weighted by Crippen LogP contribution is -2.12. The van der Waals surface area contributed by atoms with Gasteiger partial charge in [0, 0.05) is 5.69 Å². The molecule has 0 saturated heterocycles.